The van der Waals surface area contributed by atoms with Crippen molar-refractivity contribution in [3.8, 4) is 0 Å². The van der Waals surface area contributed by atoms with E-state index in [-0.39, 0.29) is 0 Å². The summed E-state index contributed by atoms with van der Waals surface area (Å²) >= 11 is 5.32. The van der Waals surface area contributed by atoms with E-state index in [9.17, 15) is 0 Å². The van der Waals surface area contributed by atoms with E-state index in [0.717, 1.165) is 12.5 Å². The molecule has 1 aliphatic rings. The number of hydrogen-bond donors (Lipinski definition) is 1. The van der Waals surface area contributed by atoms with Crippen LogP contribution >= 0.6 is 27.3 Å². The van der Waals surface area contributed by atoms with E-state index in [1.54, 1.807) is 0 Å². The fraction of sp³-hybridized carbons (Fsp3) is 0.600. The minimum Gasteiger partial charge on any atom is -0.316 e. The lowest BCUT2D eigenvalue weighted by molar-refractivity contribution is 0.220. The zero-order chi connectivity index (χ0) is 9.97. The Bertz CT molecular complexity index is 296. The summed E-state index contributed by atoms with van der Waals surface area (Å²) in [7, 11) is 2.20. The third kappa shape index (κ3) is 2.79. The maximum Gasteiger partial charge on any atom is 0.0701 e. The Kier molecular flexibility index (Phi) is 3.60. The minimum absolute atomic E-state index is 0.864. The molecule has 2 heterocycles. The molecule has 0 atom stereocenters. The molecule has 78 valence electrons. The predicted molar refractivity (Wildman–Crippen MR) is 64.7 cm³/mol. The lowest BCUT2D eigenvalue weighted by Gasteiger charge is -2.31. The second-order valence-electron chi connectivity index (χ2n) is 3.93. The van der Waals surface area contributed by atoms with Crippen molar-refractivity contribution in [1.82, 2.24) is 10.2 Å². The van der Waals surface area contributed by atoms with Gasteiger partial charge in [0.1, 0.15) is 0 Å². The molecule has 2 nitrogen and oxygen atoms in total. The van der Waals surface area contributed by atoms with E-state index in [1.807, 2.05) is 11.3 Å². The van der Waals surface area contributed by atoms with Crippen molar-refractivity contribution in [3.05, 3.63) is 20.8 Å². The summed E-state index contributed by atoms with van der Waals surface area (Å²) in [6, 6.07) is 4.32. The van der Waals surface area contributed by atoms with Crippen LogP contribution in [0.3, 0.4) is 0 Å². The fourth-order valence-corrected chi connectivity index (χ4v) is 3.25. The number of nitrogens with one attached hydrogen (secondary N) is 1. The van der Waals surface area contributed by atoms with Crippen LogP contribution in [-0.4, -0.2) is 31.6 Å². The monoisotopic (exact) mass is 274 g/mol. The summed E-state index contributed by atoms with van der Waals surface area (Å²) in [6.07, 6.45) is 0. The van der Waals surface area contributed by atoms with Gasteiger partial charge < -0.3 is 10.2 Å². The van der Waals surface area contributed by atoms with E-state index < -0.39 is 0 Å². The van der Waals surface area contributed by atoms with Crippen LogP contribution in [0.4, 0.5) is 0 Å². The molecule has 1 aromatic heterocycles. The van der Waals surface area contributed by atoms with E-state index >= 15 is 0 Å². The van der Waals surface area contributed by atoms with Crippen molar-refractivity contribution in [2.45, 2.75) is 6.54 Å². The van der Waals surface area contributed by atoms with Crippen molar-refractivity contribution in [3.63, 3.8) is 0 Å². The van der Waals surface area contributed by atoms with Gasteiger partial charge in [0.25, 0.3) is 0 Å². The van der Waals surface area contributed by atoms with Crippen LogP contribution < -0.4 is 5.32 Å². The fourth-order valence-electron chi connectivity index (χ4n) is 1.69. The molecule has 0 amide bonds. The van der Waals surface area contributed by atoms with Gasteiger partial charge in [0.2, 0.25) is 0 Å². The second kappa shape index (κ2) is 4.75. The van der Waals surface area contributed by atoms with Crippen LogP contribution in [0, 0.1) is 5.92 Å². The number of rotatable bonds is 4. The molecular formula is C10H15BrN2S. The first-order valence-corrected chi connectivity index (χ1v) is 6.48. The predicted octanol–water partition coefficient (Wildman–Crippen LogP) is 2.16. The van der Waals surface area contributed by atoms with Gasteiger partial charge in [0, 0.05) is 31.1 Å². The van der Waals surface area contributed by atoms with Crippen molar-refractivity contribution in [1.29, 1.82) is 0 Å². The molecule has 0 saturated carbocycles. The Morgan fingerprint density at radius 1 is 1.57 bits per heavy atom. The first-order chi connectivity index (χ1) is 6.74. The average molecular weight is 275 g/mol. The first kappa shape index (κ1) is 10.6. The summed E-state index contributed by atoms with van der Waals surface area (Å²) in [5, 5.41) is 3.30. The van der Waals surface area contributed by atoms with Crippen LogP contribution in [0.1, 0.15) is 4.88 Å². The van der Waals surface area contributed by atoms with Gasteiger partial charge in [-0.2, -0.15) is 0 Å². The Morgan fingerprint density at radius 2 is 2.36 bits per heavy atom. The van der Waals surface area contributed by atoms with Crippen LogP contribution in [0.25, 0.3) is 0 Å². The van der Waals surface area contributed by atoms with Crippen LogP contribution in [0.15, 0.2) is 15.9 Å². The molecule has 2 rings (SSSR count). The Hall–Kier alpha value is 0.1000. The van der Waals surface area contributed by atoms with Crippen LogP contribution in [0.5, 0.6) is 0 Å². The van der Waals surface area contributed by atoms with Crippen molar-refractivity contribution in [2.24, 2.45) is 5.92 Å². The molecule has 0 unspecified atom stereocenters. The SMILES string of the molecule is CN(Cc1ccc(Br)s1)CC1CNC1. The lowest BCUT2D eigenvalue weighted by atomic mass is 10.0. The van der Waals surface area contributed by atoms with Crippen molar-refractivity contribution >= 4 is 27.3 Å². The summed E-state index contributed by atoms with van der Waals surface area (Å²) in [5.74, 6) is 0.864. The molecular weight excluding hydrogens is 260 g/mol. The van der Waals surface area contributed by atoms with Gasteiger partial charge in [-0.05, 0) is 41.0 Å². The van der Waals surface area contributed by atoms with Crippen molar-refractivity contribution in [2.75, 3.05) is 26.7 Å². The van der Waals surface area contributed by atoms with Gasteiger partial charge in [-0.3, -0.25) is 0 Å². The topological polar surface area (TPSA) is 15.3 Å². The largest absolute Gasteiger partial charge is 0.316 e. The molecule has 0 bridgehead atoms. The number of nitrogens with zero attached hydrogens (tertiary/aromatic N) is 1. The molecule has 4 heteroatoms. The lowest BCUT2D eigenvalue weighted by Crippen LogP contribution is -2.47. The zero-order valence-corrected chi connectivity index (χ0v) is 10.7. The third-order valence-corrected chi connectivity index (χ3v) is 4.10. The Balaban J connectivity index is 1.78. The third-order valence-electron chi connectivity index (χ3n) is 2.49. The maximum absolute atomic E-state index is 3.49. The van der Waals surface area contributed by atoms with Gasteiger partial charge >= 0.3 is 0 Å². The standard InChI is InChI=1S/C10H15BrN2S/c1-13(6-8-4-12-5-8)7-9-2-3-10(11)14-9/h2-3,8,12H,4-7H2,1H3. The number of halogens is 1. The van der Waals surface area contributed by atoms with E-state index in [0.29, 0.717) is 0 Å². The van der Waals surface area contributed by atoms with E-state index in [4.69, 9.17) is 0 Å². The summed E-state index contributed by atoms with van der Waals surface area (Å²) in [6.45, 7) is 4.67. The van der Waals surface area contributed by atoms with Crippen molar-refractivity contribution < 1.29 is 0 Å². The summed E-state index contributed by atoms with van der Waals surface area (Å²) in [5.41, 5.74) is 0. The summed E-state index contributed by atoms with van der Waals surface area (Å²) < 4.78 is 1.23. The molecule has 1 saturated heterocycles. The second-order valence-corrected chi connectivity index (χ2v) is 6.47. The average Bonchev–Trinajstić information content (AvgIpc) is 2.44. The van der Waals surface area contributed by atoms with E-state index in [2.05, 4.69) is 45.3 Å². The highest BCUT2D eigenvalue weighted by Crippen LogP contribution is 2.23. The highest BCUT2D eigenvalue weighted by atomic mass is 79.9. The minimum atomic E-state index is 0.864. The smallest absolute Gasteiger partial charge is 0.0701 e. The van der Waals surface area contributed by atoms with Gasteiger partial charge in [-0.15, -0.1) is 11.3 Å². The van der Waals surface area contributed by atoms with Crippen LogP contribution in [0.2, 0.25) is 0 Å². The molecule has 0 aromatic carbocycles. The van der Waals surface area contributed by atoms with Gasteiger partial charge in [-0.1, -0.05) is 0 Å². The Morgan fingerprint density at radius 3 is 2.86 bits per heavy atom. The zero-order valence-electron chi connectivity index (χ0n) is 8.29. The molecule has 1 aromatic rings. The highest BCUT2D eigenvalue weighted by molar-refractivity contribution is 9.11. The van der Waals surface area contributed by atoms with Gasteiger partial charge in [0.15, 0.2) is 0 Å². The maximum atomic E-state index is 3.49. The molecule has 0 aliphatic carbocycles. The van der Waals surface area contributed by atoms with Gasteiger partial charge in [0.05, 0.1) is 3.79 Å². The number of hydrogen-bond acceptors (Lipinski definition) is 3. The van der Waals surface area contributed by atoms with Crippen LogP contribution in [-0.2, 0) is 6.54 Å². The first-order valence-electron chi connectivity index (χ1n) is 4.87. The molecule has 14 heavy (non-hydrogen) atoms. The quantitative estimate of drug-likeness (QED) is 0.906. The molecule has 1 aliphatic heterocycles. The normalized spacial score (nSPS) is 17.4. The molecule has 1 fully saturated rings. The number of thiophene rings is 1. The van der Waals surface area contributed by atoms with E-state index in [1.165, 1.54) is 28.3 Å². The Labute approximate surface area is 97.4 Å². The summed E-state index contributed by atoms with van der Waals surface area (Å²) in [4.78, 5) is 3.84. The molecule has 0 spiro atoms. The highest BCUT2D eigenvalue weighted by Gasteiger charge is 2.18. The molecule has 1 N–H and O–H groups in total. The van der Waals surface area contributed by atoms with Gasteiger partial charge in [-0.25, -0.2) is 0 Å². The molecule has 0 radical (unpaired) electrons.